The van der Waals surface area contributed by atoms with Gasteiger partial charge in [0.1, 0.15) is 11.6 Å². The summed E-state index contributed by atoms with van der Waals surface area (Å²) < 4.78 is 7.53. The van der Waals surface area contributed by atoms with Crippen molar-refractivity contribution in [3.8, 4) is 5.75 Å². The first-order chi connectivity index (χ1) is 10.3. The molecule has 2 aromatic rings. The Kier molecular flexibility index (Phi) is 4.14. The second-order valence-corrected chi connectivity index (χ2v) is 5.18. The highest BCUT2D eigenvalue weighted by Gasteiger charge is 2.19. The summed E-state index contributed by atoms with van der Waals surface area (Å²) in [6.45, 7) is 1.66. The molecule has 0 spiro atoms. The van der Waals surface area contributed by atoms with Crippen molar-refractivity contribution in [3.05, 3.63) is 42.7 Å². The Morgan fingerprint density at radius 1 is 1.48 bits per heavy atom. The summed E-state index contributed by atoms with van der Waals surface area (Å²) >= 11 is 0. The lowest BCUT2D eigenvalue weighted by Gasteiger charge is -2.23. The van der Waals surface area contributed by atoms with Crippen molar-refractivity contribution in [2.75, 3.05) is 13.2 Å². The summed E-state index contributed by atoms with van der Waals surface area (Å²) in [6, 6.07) is 3.55. The fraction of sp³-hybridized carbons (Fsp3) is 0.400. The van der Waals surface area contributed by atoms with Crippen LogP contribution < -0.4 is 10.1 Å². The smallest absolute Gasteiger partial charge is 0.257 e. The number of pyridine rings is 1. The number of carbonyl (C=O) groups excluding carboxylic acids is 1. The number of ether oxygens (including phenoxy) is 1. The summed E-state index contributed by atoms with van der Waals surface area (Å²) in [5.41, 5.74) is 0. The standard InChI is InChI=1S/C15H18N4O2/c20-15(11-21-13-2-1-4-16-10-13)18-9-12-3-6-19-7-5-17-14(19)8-12/h1-2,4-5,7,10,12H,3,6,8-9,11H2,(H,18,20). The zero-order valence-corrected chi connectivity index (χ0v) is 11.7. The van der Waals surface area contributed by atoms with Crippen LogP contribution in [0.4, 0.5) is 0 Å². The van der Waals surface area contributed by atoms with E-state index in [9.17, 15) is 4.79 Å². The molecule has 3 rings (SSSR count). The maximum atomic E-state index is 11.8. The third-order valence-corrected chi connectivity index (χ3v) is 3.64. The van der Waals surface area contributed by atoms with Gasteiger partial charge in [0.15, 0.2) is 6.61 Å². The van der Waals surface area contributed by atoms with Crippen LogP contribution in [0.3, 0.4) is 0 Å². The van der Waals surface area contributed by atoms with E-state index in [1.54, 1.807) is 24.5 Å². The molecule has 0 bridgehead atoms. The van der Waals surface area contributed by atoms with E-state index in [4.69, 9.17) is 4.74 Å². The van der Waals surface area contributed by atoms with Gasteiger partial charge in [-0.3, -0.25) is 9.78 Å². The summed E-state index contributed by atoms with van der Waals surface area (Å²) in [4.78, 5) is 20.0. The molecule has 0 aromatic carbocycles. The number of hydrogen-bond donors (Lipinski definition) is 1. The first kappa shape index (κ1) is 13.6. The molecule has 2 aromatic heterocycles. The molecule has 0 aliphatic carbocycles. The molecule has 3 heterocycles. The van der Waals surface area contributed by atoms with Crippen LogP contribution >= 0.6 is 0 Å². The number of carbonyl (C=O) groups is 1. The van der Waals surface area contributed by atoms with Crippen LogP contribution in [0.1, 0.15) is 12.2 Å². The first-order valence-electron chi connectivity index (χ1n) is 7.11. The quantitative estimate of drug-likeness (QED) is 0.891. The average Bonchev–Trinajstić information content (AvgIpc) is 2.99. The Bertz CT molecular complexity index is 597. The van der Waals surface area contributed by atoms with Gasteiger partial charge in [0, 0.05) is 38.1 Å². The van der Waals surface area contributed by atoms with E-state index in [-0.39, 0.29) is 12.5 Å². The van der Waals surface area contributed by atoms with Crippen molar-refractivity contribution in [1.29, 1.82) is 0 Å². The monoisotopic (exact) mass is 286 g/mol. The van der Waals surface area contributed by atoms with Crippen LogP contribution in [0.2, 0.25) is 0 Å². The molecule has 1 aliphatic heterocycles. The summed E-state index contributed by atoms with van der Waals surface area (Å²) in [6.07, 6.45) is 9.07. The number of fused-ring (bicyclic) bond motifs is 1. The molecule has 0 saturated carbocycles. The van der Waals surface area contributed by atoms with Gasteiger partial charge in [0.2, 0.25) is 0 Å². The fourth-order valence-electron chi connectivity index (χ4n) is 2.48. The summed E-state index contributed by atoms with van der Waals surface area (Å²) in [5, 5.41) is 2.92. The van der Waals surface area contributed by atoms with Crippen molar-refractivity contribution in [2.24, 2.45) is 5.92 Å². The molecule has 1 amide bonds. The molecule has 6 heteroatoms. The van der Waals surface area contributed by atoms with Crippen LogP contribution in [-0.2, 0) is 17.8 Å². The second kappa shape index (κ2) is 6.39. The van der Waals surface area contributed by atoms with Crippen molar-refractivity contribution in [3.63, 3.8) is 0 Å². The third kappa shape index (κ3) is 3.59. The number of imidazole rings is 1. The van der Waals surface area contributed by atoms with Crippen LogP contribution in [0.25, 0.3) is 0 Å². The topological polar surface area (TPSA) is 69.0 Å². The molecule has 0 radical (unpaired) electrons. The van der Waals surface area contributed by atoms with Crippen molar-refractivity contribution >= 4 is 5.91 Å². The number of amides is 1. The van der Waals surface area contributed by atoms with Crippen molar-refractivity contribution in [1.82, 2.24) is 19.9 Å². The molecule has 6 nitrogen and oxygen atoms in total. The number of rotatable bonds is 5. The SMILES string of the molecule is O=C(COc1cccnc1)NCC1CCn2ccnc2C1. The maximum Gasteiger partial charge on any atom is 0.257 e. The first-order valence-corrected chi connectivity index (χ1v) is 7.11. The lowest BCUT2D eigenvalue weighted by Crippen LogP contribution is -2.35. The van der Waals surface area contributed by atoms with Gasteiger partial charge in [-0.2, -0.15) is 0 Å². The van der Waals surface area contributed by atoms with Crippen LogP contribution in [-0.4, -0.2) is 33.6 Å². The lowest BCUT2D eigenvalue weighted by molar-refractivity contribution is -0.123. The molecule has 0 fully saturated rings. The van der Waals surface area contributed by atoms with Gasteiger partial charge in [-0.25, -0.2) is 4.98 Å². The number of nitrogens with one attached hydrogen (secondary N) is 1. The third-order valence-electron chi connectivity index (χ3n) is 3.64. The maximum absolute atomic E-state index is 11.8. The molecule has 1 unspecified atom stereocenters. The Hall–Kier alpha value is -2.37. The van der Waals surface area contributed by atoms with E-state index in [0.29, 0.717) is 18.2 Å². The second-order valence-electron chi connectivity index (χ2n) is 5.18. The minimum Gasteiger partial charge on any atom is -0.482 e. The molecule has 21 heavy (non-hydrogen) atoms. The highest BCUT2D eigenvalue weighted by molar-refractivity contribution is 5.77. The Morgan fingerprint density at radius 3 is 3.29 bits per heavy atom. The van der Waals surface area contributed by atoms with E-state index >= 15 is 0 Å². The van der Waals surface area contributed by atoms with E-state index in [2.05, 4.69) is 19.9 Å². The number of aryl methyl sites for hydroxylation is 1. The lowest BCUT2D eigenvalue weighted by atomic mass is 9.98. The zero-order chi connectivity index (χ0) is 14.5. The number of nitrogens with zero attached hydrogens (tertiary/aromatic N) is 3. The molecule has 0 saturated heterocycles. The normalized spacial score (nSPS) is 17.0. The molecule has 1 aliphatic rings. The Labute approximate surface area is 123 Å². The molecule has 110 valence electrons. The Balaban J connectivity index is 1.40. The van der Waals surface area contributed by atoms with E-state index in [0.717, 1.165) is 25.2 Å². The van der Waals surface area contributed by atoms with E-state index < -0.39 is 0 Å². The van der Waals surface area contributed by atoms with Crippen molar-refractivity contribution in [2.45, 2.75) is 19.4 Å². The van der Waals surface area contributed by atoms with Crippen LogP contribution in [0.5, 0.6) is 5.75 Å². The molecule has 1 atom stereocenters. The van der Waals surface area contributed by atoms with Gasteiger partial charge in [-0.1, -0.05) is 0 Å². The molecular weight excluding hydrogens is 268 g/mol. The summed E-state index contributed by atoms with van der Waals surface area (Å²) in [5.74, 6) is 2.05. The van der Waals surface area contributed by atoms with Gasteiger partial charge in [0.05, 0.1) is 6.20 Å². The van der Waals surface area contributed by atoms with Gasteiger partial charge in [0.25, 0.3) is 5.91 Å². The Morgan fingerprint density at radius 2 is 2.43 bits per heavy atom. The van der Waals surface area contributed by atoms with Gasteiger partial charge >= 0.3 is 0 Å². The van der Waals surface area contributed by atoms with E-state index in [1.807, 2.05) is 12.4 Å². The molecular formula is C15H18N4O2. The van der Waals surface area contributed by atoms with Gasteiger partial charge in [-0.05, 0) is 24.5 Å². The zero-order valence-electron chi connectivity index (χ0n) is 11.7. The minimum absolute atomic E-state index is 0.0209. The highest BCUT2D eigenvalue weighted by atomic mass is 16.5. The van der Waals surface area contributed by atoms with Crippen LogP contribution in [0, 0.1) is 5.92 Å². The van der Waals surface area contributed by atoms with Gasteiger partial charge < -0.3 is 14.6 Å². The minimum atomic E-state index is -0.104. The fourth-order valence-corrected chi connectivity index (χ4v) is 2.48. The predicted molar refractivity (Wildman–Crippen MR) is 76.8 cm³/mol. The molecule has 1 N–H and O–H groups in total. The number of aromatic nitrogens is 3. The number of hydrogen-bond acceptors (Lipinski definition) is 4. The highest BCUT2D eigenvalue weighted by Crippen LogP contribution is 2.18. The predicted octanol–water partition coefficient (Wildman–Crippen LogP) is 1.04. The summed E-state index contributed by atoms with van der Waals surface area (Å²) in [7, 11) is 0. The van der Waals surface area contributed by atoms with Crippen LogP contribution in [0.15, 0.2) is 36.9 Å². The van der Waals surface area contributed by atoms with E-state index in [1.165, 1.54) is 0 Å². The largest absolute Gasteiger partial charge is 0.482 e. The van der Waals surface area contributed by atoms with Crippen molar-refractivity contribution < 1.29 is 9.53 Å². The van der Waals surface area contributed by atoms with Gasteiger partial charge in [-0.15, -0.1) is 0 Å². The average molecular weight is 286 g/mol.